The van der Waals surface area contributed by atoms with Crippen LogP contribution in [0.4, 0.5) is 0 Å². The molecule has 0 bridgehead atoms. The van der Waals surface area contributed by atoms with Crippen molar-refractivity contribution in [3.63, 3.8) is 0 Å². The lowest BCUT2D eigenvalue weighted by Crippen LogP contribution is -2.40. The van der Waals surface area contributed by atoms with Gasteiger partial charge in [0, 0.05) is 13.1 Å². The molecule has 0 aromatic heterocycles. The van der Waals surface area contributed by atoms with E-state index in [9.17, 15) is 14.9 Å². The van der Waals surface area contributed by atoms with Gasteiger partial charge in [-0.05, 0) is 51.1 Å². The summed E-state index contributed by atoms with van der Waals surface area (Å²) in [5, 5.41) is 14.3. The van der Waals surface area contributed by atoms with Crippen molar-refractivity contribution in [2.75, 3.05) is 32.8 Å². The Morgan fingerprint density at radius 2 is 1.90 bits per heavy atom. The standard InChI is InChI=1S/C13H23N3O5/c17-13(12-1-6-14-7-2-12)21-15-8-3-11(4-9-15)5-10-20-16(18)19/h11-12,14H,1-10H2. The summed E-state index contributed by atoms with van der Waals surface area (Å²) in [4.78, 5) is 31.9. The Morgan fingerprint density at radius 3 is 2.52 bits per heavy atom. The Kier molecular flexibility index (Phi) is 6.19. The third-order valence-corrected chi connectivity index (χ3v) is 4.19. The molecule has 2 heterocycles. The minimum Gasteiger partial charge on any atom is -0.368 e. The monoisotopic (exact) mass is 301 g/mol. The van der Waals surface area contributed by atoms with Gasteiger partial charge in [-0.1, -0.05) is 0 Å². The molecule has 8 heteroatoms. The molecule has 0 atom stereocenters. The third kappa shape index (κ3) is 5.47. The fourth-order valence-corrected chi connectivity index (χ4v) is 2.84. The van der Waals surface area contributed by atoms with E-state index in [0.29, 0.717) is 25.4 Å². The van der Waals surface area contributed by atoms with Gasteiger partial charge in [-0.2, -0.15) is 0 Å². The summed E-state index contributed by atoms with van der Waals surface area (Å²) in [7, 11) is 0. The topological polar surface area (TPSA) is 93.9 Å². The molecule has 0 spiro atoms. The highest BCUT2D eigenvalue weighted by Crippen LogP contribution is 2.22. The van der Waals surface area contributed by atoms with E-state index in [4.69, 9.17) is 4.84 Å². The Labute approximate surface area is 123 Å². The van der Waals surface area contributed by atoms with Crippen LogP contribution in [0.5, 0.6) is 0 Å². The highest BCUT2D eigenvalue weighted by molar-refractivity contribution is 5.72. The van der Waals surface area contributed by atoms with Crippen molar-refractivity contribution in [1.29, 1.82) is 0 Å². The van der Waals surface area contributed by atoms with Crippen molar-refractivity contribution < 1.29 is 19.6 Å². The number of nitrogens with one attached hydrogen (secondary N) is 1. The van der Waals surface area contributed by atoms with Gasteiger partial charge in [-0.25, -0.2) is 0 Å². The average Bonchev–Trinajstić information content (AvgIpc) is 2.49. The SMILES string of the molecule is O=C(ON1CCC(CCO[N+](=O)[O-])CC1)C1CCNCC1. The lowest BCUT2D eigenvalue weighted by atomic mass is 9.95. The normalized spacial score (nSPS) is 21.9. The van der Waals surface area contributed by atoms with Crippen molar-refractivity contribution in [2.24, 2.45) is 11.8 Å². The second kappa shape index (κ2) is 8.14. The van der Waals surface area contributed by atoms with E-state index >= 15 is 0 Å². The second-order valence-corrected chi connectivity index (χ2v) is 5.65. The zero-order valence-corrected chi connectivity index (χ0v) is 12.2. The fourth-order valence-electron chi connectivity index (χ4n) is 2.84. The van der Waals surface area contributed by atoms with Crippen LogP contribution in [0.25, 0.3) is 0 Å². The molecule has 0 aliphatic carbocycles. The summed E-state index contributed by atoms with van der Waals surface area (Å²) in [5.74, 6) is 0.294. The van der Waals surface area contributed by atoms with Gasteiger partial charge in [0.25, 0.3) is 5.09 Å². The molecule has 2 fully saturated rings. The first-order chi connectivity index (χ1) is 10.1. The molecule has 2 aliphatic heterocycles. The zero-order valence-electron chi connectivity index (χ0n) is 12.2. The number of carbonyl (C=O) groups excluding carboxylic acids is 1. The maximum atomic E-state index is 12.0. The van der Waals surface area contributed by atoms with Gasteiger partial charge in [0.2, 0.25) is 0 Å². The van der Waals surface area contributed by atoms with Crippen LogP contribution in [0.2, 0.25) is 0 Å². The number of hydroxylamine groups is 2. The van der Waals surface area contributed by atoms with Crippen LogP contribution in [0, 0.1) is 22.0 Å². The summed E-state index contributed by atoms with van der Waals surface area (Å²) in [6.07, 6.45) is 4.11. The van der Waals surface area contributed by atoms with Crippen LogP contribution < -0.4 is 5.32 Å². The molecule has 0 aromatic rings. The van der Waals surface area contributed by atoms with Gasteiger partial charge in [0.05, 0.1) is 12.5 Å². The smallest absolute Gasteiger partial charge is 0.328 e. The van der Waals surface area contributed by atoms with Gasteiger partial charge in [-0.3, -0.25) is 4.79 Å². The molecule has 8 nitrogen and oxygen atoms in total. The summed E-state index contributed by atoms with van der Waals surface area (Å²) < 4.78 is 0. The van der Waals surface area contributed by atoms with E-state index in [0.717, 1.165) is 38.8 Å². The minimum absolute atomic E-state index is 0.0115. The lowest BCUT2D eigenvalue weighted by molar-refractivity contribution is -0.758. The molecule has 2 rings (SSSR count). The molecule has 0 radical (unpaired) electrons. The van der Waals surface area contributed by atoms with E-state index in [1.165, 1.54) is 0 Å². The van der Waals surface area contributed by atoms with E-state index in [-0.39, 0.29) is 18.5 Å². The van der Waals surface area contributed by atoms with Crippen molar-refractivity contribution in [1.82, 2.24) is 10.4 Å². The number of carbonyl (C=O) groups is 1. The predicted octanol–water partition coefficient (Wildman–Crippen LogP) is 0.755. The number of piperidine rings is 2. The molecular weight excluding hydrogens is 278 g/mol. The Bertz CT molecular complexity index is 352. The molecule has 21 heavy (non-hydrogen) atoms. The largest absolute Gasteiger partial charge is 0.368 e. The average molecular weight is 301 g/mol. The van der Waals surface area contributed by atoms with Crippen molar-refractivity contribution in [3.05, 3.63) is 10.1 Å². The maximum absolute atomic E-state index is 12.0. The van der Waals surface area contributed by atoms with E-state index in [1.54, 1.807) is 5.06 Å². The van der Waals surface area contributed by atoms with Crippen molar-refractivity contribution >= 4 is 5.97 Å². The third-order valence-electron chi connectivity index (χ3n) is 4.19. The van der Waals surface area contributed by atoms with Crippen molar-refractivity contribution in [2.45, 2.75) is 32.1 Å². The van der Waals surface area contributed by atoms with Crippen LogP contribution in [0.15, 0.2) is 0 Å². The Balaban J connectivity index is 1.62. The molecule has 0 aromatic carbocycles. The number of hydrogen-bond donors (Lipinski definition) is 1. The number of hydrogen-bond acceptors (Lipinski definition) is 7. The number of nitrogens with zero attached hydrogens (tertiary/aromatic N) is 2. The maximum Gasteiger partial charge on any atom is 0.328 e. The molecule has 0 unspecified atom stereocenters. The van der Waals surface area contributed by atoms with Gasteiger partial charge in [0.1, 0.15) is 0 Å². The summed E-state index contributed by atoms with van der Waals surface area (Å²) >= 11 is 0. The highest BCUT2D eigenvalue weighted by Gasteiger charge is 2.27. The molecule has 0 saturated carbocycles. The molecule has 0 amide bonds. The second-order valence-electron chi connectivity index (χ2n) is 5.65. The summed E-state index contributed by atoms with van der Waals surface area (Å²) in [6, 6.07) is 0. The Morgan fingerprint density at radius 1 is 1.24 bits per heavy atom. The summed E-state index contributed by atoms with van der Waals surface area (Å²) in [5.41, 5.74) is 0. The first-order valence-corrected chi connectivity index (χ1v) is 7.60. The highest BCUT2D eigenvalue weighted by atomic mass is 16.9. The van der Waals surface area contributed by atoms with E-state index in [1.807, 2.05) is 0 Å². The van der Waals surface area contributed by atoms with Gasteiger partial charge in [0.15, 0.2) is 0 Å². The van der Waals surface area contributed by atoms with Gasteiger partial charge >= 0.3 is 5.97 Å². The molecule has 120 valence electrons. The van der Waals surface area contributed by atoms with Crippen LogP contribution in [0.3, 0.4) is 0 Å². The molecule has 2 saturated heterocycles. The van der Waals surface area contributed by atoms with Crippen LogP contribution >= 0.6 is 0 Å². The van der Waals surface area contributed by atoms with Crippen LogP contribution in [-0.4, -0.2) is 48.9 Å². The lowest BCUT2D eigenvalue weighted by Gasteiger charge is -2.31. The fraction of sp³-hybridized carbons (Fsp3) is 0.923. The molecular formula is C13H23N3O5. The van der Waals surface area contributed by atoms with Gasteiger partial charge < -0.3 is 15.0 Å². The Hall–Kier alpha value is -1.41. The number of rotatable bonds is 6. The summed E-state index contributed by atoms with van der Waals surface area (Å²) in [6.45, 7) is 3.28. The van der Waals surface area contributed by atoms with Crippen LogP contribution in [-0.2, 0) is 14.5 Å². The van der Waals surface area contributed by atoms with Gasteiger partial charge in [-0.15, -0.1) is 15.2 Å². The van der Waals surface area contributed by atoms with Crippen LogP contribution in [0.1, 0.15) is 32.1 Å². The van der Waals surface area contributed by atoms with E-state index < -0.39 is 5.09 Å². The quantitative estimate of drug-likeness (QED) is 0.571. The first-order valence-electron chi connectivity index (χ1n) is 7.60. The first kappa shape index (κ1) is 16.0. The minimum atomic E-state index is -0.754. The molecule has 2 aliphatic rings. The zero-order chi connectivity index (χ0) is 15.1. The van der Waals surface area contributed by atoms with E-state index in [2.05, 4.69) is 10.2 Å². The predicted molar refractivity (Wildman–Crippen MR) is 73.5 cm³/mol. The van der Waals surface area contributed by atoms with Crippen molar-refractivity contribution in [3.8, 4) is 0 Å². The molecule has 1 N–H and O–H groups in total.